The Bertz CT molecular complexity index is 1360. The molecule has 1 aliphatic heterocycles. The van der Waals surface area contributed by atoms with E-state index in [0.717, 1.165) is 71.7 Å². The van der Waals surface area contributed by atoms with Crippen molar-refractivity contribution in [3.63, 3.8) is 0 Å². The number of ketones is 1. The van der Waals surface area contributed by atoms with Gasteiger partial charge in [-0.1, -0.05) is 70.5 Å². The number of imidazole rings is 1. The molecule has 1 fully saturated rings. The highest BCUT2D eigenvalue weighted by Crippen LogP contribution is 2.34. The zero-order chi connectivity index (χ0) is 28.5. The minimum Gasteiger partial charge on any atom is -0.349 e. The number of benzene rings is 1. The smallest absolute Gasteiger partial charge is 0.251 e. The van der Waals surface area contributed by atoms with E-state index in [-0.39, 0.29) is 17.7 Å². The van der Waals surface area contributed by atoms with Gasteiger partial charge in [-0.3, -0.25) is 9.59 Å². The van der Waals surface area contributed by atoms with E-state index in [1.807, 2.05) is 62.6 Å². The summed E-state index contributed by atoms with van der Waals surface area (Å²) in [6, 6.07) is 12.0. The molecular formula is C33H44N4O2. The number of carbonyl (C=O) groups is 2. The van der Waals surface area contributed by atoms with Crippen LogP contribution in [-0.2, 0) is 4.79 Å². The normalized spacial score (nSPS) is 15.5. The Labute approximate surface area is 233 Å². The Hall–Kier alpha value is -3.51. The molecule has 6 nitrogen and oxygen atoms in total. The first-order chi connectivity index (χ1) is 18.8. The zero-order valence-corrected chi connectivity index (χ0v) is 24.6. The summed E-state index contributed by atoms with van der Waals surface area (Å²) >= 11 is 0. The van der Waals surface area contributed by atoms with E-state index in [0.29, 0.717) is 11.5 Å². The molecule has 3 heterocycles. The number of piperidine rings is 1. The number of hydrogen-bond acceptors (Lipinski definition) is 4. The van der Waals surface area contributed by atoms with Gasteiger partial charge in [0, 0.05) is 29.1 Å². The van der Waals surface area contributed by atoms with E-state index >= 15 is 0 Å². The van der Waals surface area contributed by atoms with Crippen molar-refractivity contribution in [2.45, 2.75) is 73.8 Å². The third-order valence-electron chi connectivity index (χ3n) is 7.44. The number of carbonyl (C=O) groups excluding carboxylic acids is 2. The molecule has 0 bridgehead atoms. The zero-order valence-electron chi connectivity index (χ0n) is 24.6. The quantitative estimate of drug-likeness (QED) is 0.250. The van der Waals surface area contributed by atoms with Gasteiger partial charge in [-0.2, -0.15) is 0 Å². The number of Topliss-reactive ketones (excluding diaryl/α,β-unsaturated/α-hetero) is 1. The molecule has 0 radical (unpaired) electrons. The predicted octanol–water partition coefficient (Wildman–Crippen LogP) is 6.78. The van der Waals surface area contributed by atoms with Crippen LogP contribution in [0, 0.1) is 12.8 Å². The van der Waals surface area contributed by atoms with Gasteiger partial charge in [-0.15, -0.1) is 0 Å². The Morgan fingerprint density at radius 2 is 1.85 bits per heavy atom. The van der Waals surface area contributed by atoms with Gasteiger partial charge in [0.05, 0.1) is 5.69 Å². The molecule has 208 valence electrons. The molecule has 0 spiro atoms. The van der Waals surface area contributed by atoms with Crippen LogP contribution < -0.4 is 10.6 Å². The maximum atomic E-state index is 12.9. The lowest BCUT2D eigenvalue weighted by Crippen LogP contribution is -2.42. The van der Waals surface area contributed by atoms with Gasteiger partial charge in [-0.05, 0) is 81.5 Å². The Kier molecular flexibility index (Phi) is 10.8. The standard InChI is InChI=1S/C31H38N4O2.C2H6/c1-6-20(2)11-12-26(21(3)23(5)36)27-9-7-8-10-28(27)30-22(4)35-18-15-24(19-29(35)34-30)31(37)33-25-13-16-32-17-14-25;1-2/h7-12,15,18-20,25,32H,6,13-14,16-17H2,1-5H3,(H,33,37);1-2H3/b12-11-,26-21+;. The Balaban J connectivity index is 0.00000205. The first kappa shape index (κ1) is 30.0. The number of amides is 1. The number of aromatic nitrogens is 2. The van der Waals surface area contributed by atoms with Crippen LogP contribution in [0.25, 0.3) is 22.5 Å². The number of nitrogens with one attached hydrogen (secondary N) is 2. The van der Waals surface area contributed by atoms with Crippen molar-refractivity contribution in [1.29, 1.82) is 0 Å². The lowest BCUT2D eigenvalue weighted by atomic mass is 9.91. The molecular weight excluding hydrogens is 484 g/mol. The minimum absolute atomic E-state index is 0.0507. The van der Waals surface area contributed by atoms with Crippen molar-refractivity contribution in [1.82, 2.24) is 20.0 Å². The third kappa shape index (κ3) is 7.12. The molecule has 6 heteroatoms. The highest BCUT2D eigenvalue weighted by molar-refractivity contribution is 6.04. The van der Waals surface area contributed by atoms with Crippen molar-refractivity contribution < 1.29 is 9.59 Å². The van der Waals surface area contributed by atoms with Crippen LogP contribution in [0.15, 0.2) is 60.3 Å². The van der Waals surface area contributed by atoms with E-state index in [9.17, 15) is 9.59 Å². The van der Waals surface area contributed by atoms with E-state index < -0.39 is 0 Å². The highest BCUT2D eigenvalue weighted by Gasteiger charge is 2.20. The average Bonchev–Trinajstić information content (AvgIpc) is 3.30. The number of allylic oxidation sites excluding steroid dienone is 4. The number of nitrogens with zero attached hydrogens (tertiary/aromatic N) is 2. The molecule has 4 rings (SSSR count). The van der Waals surface area contributed by atoms with Crippen molar-refractivity contribution in [2.24, 2.45) is 5.92 Å². The monoisotopic (exact) mass is 528 g/mol. The number of aryl methyl sites for hydroxylation is 1. The third-order valence-corrected chi connectivity index (χ3v) is 7.44. The first-order valence-corrected chi connectivity index (χ1v) is 14.3. The van der Waals surface area contributed by atoms with Crippen LogP contribution in [0.5, 0.6) is 0 Å². The van der Waals surface area contributed by atoms with Crippen molar-refractivity contribution in [3.05, 3.63) is 77.1 Å². The maximum Gasteiger partial charge on any atom is 0.251 e. The van der Waals surface area contributed by atoms with Crippen molar-refractivity contribution in [3.8, 4) is 11.3 Å². The largest absolute Gasteiger partial charge is 0.349 e. The SMILES string of the molecule is CC.CCC(C)/C=C\C(=C(\C)C(C)=O)c1ccccc1-c1nc2cc(C(=O)NC3CCNCC3)ccn2c1C. The lowest BCUT2D eigenvalue weighted by Gasteiger charge is -2.23. The molecule has 1 saturated heterocycles. The molecule has 1 aromatic carbocycles. The fourth-order valence-electron chi connectivity index (χ4n) is 4.73. The number of fused-ring (bicyclic) bond motifs is 1. The second-order valence-electron chi connectivity index (χ2n) is 10.1. The summed E-state index contributed by atoms with van der Waals surface area (Å²) in [7, 11) is 0. The minimum atomic E-state index is -0.0607. The molecule has 1 atom stereocenters. The molecule has 1 unspecified atom stereocenters. The Morgan fingerprint density at radius 1 is 1.15 bits per heavy atom. The second-order valence-corrected chi connectivity index (χ2v) is 10.1. The summed E-state index contributed by atoms with van der Waals surface area (Å²) in [6.45, 7) is 15.7. The van der Waals surface area contributed by atoms with E-state index in [2.05, 4.69) is 48.8 Å². The molecule has 1 amide bonds. The molecule has 0 aliphatic carbocycles. The molecule has 0 saturated carbocycles. The molecule has 2 N–H and O–H groups in total. The lowest BCUT2D eigenvalue weighted by molar-refractivity contribution is -0.113. The number of pyridine rings is 1. The first-order valence-electron chi connectivity index (χ1n) is 14.3. The summed E-state index contributed by atoms with van der Waals surface area (Å²) in [5.41, 5.74) is 6.76. The van der Waals surface area contributed by atoms with Crippen LogP contribution in [-0.4, -0.2) is 40.2 Å². The maximum absolute atomic E-state index is 12.9. The molecule has 2 aromatic heterocycles. The van der Waals surface area contributed by atoms with Gasteiger partial charge < -0.3 is 15.0 Å². The van der Waals surface area contributed by atoms with Crippen LogP contribution in [0.3, 0.4) is 0 Å². The fraction of sp³-hybridized carbons (Fsp3) is 0.424. The number of hydrogen-bond donors (Lipinski definition) is 2. The van der Waals surface area contributed by atoms with Gasteiger partial charge >= 0.3 is 0 Å². The highest BCUT2D eigenvalue weighted by atomic mass is 16.1. The van der Waals surface area contributed by atoms with Crippen molar-refractivity contribution in [2.75, 3.05) is 13.1 Å². The van der Waals surface area contributed by atoms with Gasteiger partial charge in [-0.25, -0.2) is 4.98 Å². The average molecular weight is 529 g/mol. The predicted molar refractivity (Wildman–Crippen MR) is 162 cm³/mol. The van der Waals surface area contributed by atoms with Gasteiger partial charge in [0.2, 0.25) is 0 Å². The van der Waals surface area contributed by atoms with Crippen LogP contribution in [0.1, 0.15) is 82.4 Å². The summed E-state index contributed by atoms with van der Waals surface area (Å²) in [6.07, 6.45) is 9.09. The molecule has 39 heavy (non-hydrogen) atoms. The summed E-state index contributed by atoms with van der Waals surface area (Å²) in [5.74, 6) is 0.400. The van der Waals surface area contributed by atoms with Crippen molar-refractivity contribution >= 4 is 22.9 Å². The second kappa shape index (κ2) is 14.0. The summed E-state index contributed by atoms with van der Waals surface area (Å²) < 4.78 is 2.02. The Morgan fingerprint density at radius 3 is 2.51 bits per heavy atom. The van der Waals surface area contributed by atoms with E-state index in [1.54, 1.807) is 6.92 Å². The van der Waals surface area contributed by atoms with Gasteiger partial charge in [0.1, 0.15) is 5.65 Å². The topological polar surface area (TPSA) is 75.5 Å². The fourth-order valence-corrected chi connectivity index (χ4v) is 4.73. The van der Waals surface area contributed by atoms with E-state index in [4.69, 9.17) is 4.98 Å². The van der Waals surface area contributed by atoms with Gasteiger partial charge in [0.15, 0.2) is 5.78 Å². The number of rotatable bonds is 8. The van der Waals surface area contributed by atoms with E-state index in [1.165, 1.54) is 0 Å². The van der Waals surface area contributed by atoms with Gasteiger partial charge in [0.25, 0.3) is 5.91 Å². The summed E-state index contributed by atoms with van der Waals surface area (Å²) in [5, 5.41) is 6.49. The molecule has 1 aliphatic rings. The summed E-state index contributed by atoms with van der Waals surface area (Å²) in [4.78, 5) is 30.3. The van der Waals surface area contributed by atoms with Crippen LogP contribution in [0.2, 0.25) is 0 Å². The van der Waals surface area contributed by atoms with Crippen LogP contribution >= 0.6 is 0 Å². The molecule has 3 aromatic rings. The van der Waals surface area contributed by atoms with Crippen LogP contribution in [0.4, 0.5) is 0 Å².